The van der Waals surface area contributed by atoms with Crippen molar-refractivity contribution in [2.75, 3.05) is 4.90 Å². The lowest BCUT2D eigenvalue weighted by atomic mass is 9.87. The van der Waals surface area contributed by atoms with Gasteiger partial charge in [0.1, 0.15) is 5.66 Å². The van der Waals surface area contributed by atoms with Crippen molar-refractivity contribution >= 4 is 29.2 Å². The summed E-state index contributed by atoms with van der Waals surface area (Å²) in [7, 11) is 0. The van der Waals surface area contributed by atoms with Gasteiger partial charge in [-0.25, -0.2) is 4.99 Å². The van der Waals surface area contributed by atoms with E-state index >= 15 is 0 Å². The number of halogens is 4. The second kappa shape index (κ2) is 6.29. The Morgan fingerprint density at radius 3 is 2.48 bits per heavy atom. The molecule has 3 rings (SSSR count). The SMILES string of the molecule is NC1=NC2(CCCCC2)N(c2cc(Cl)ccc2OC(F)(F)F)C(N)=N1. The van der Waals surface area contributed by atoms with Gasteiger partial charge in [0, 0.05) is 5.02 Å². The zero-order valence-electron chi connectivity index (χ0n) is 13.2. The van der Waals surface area contributed by atoms with Gasteiger partial charge in [-0.15, -0.1) is 13.2 Å². The number of rotatable bonds is 2. The average molecular weight is 376 g/mol. The number of anilines is 1. The molecule has 0 amide bonds. The Labute approximate surface area is 147 Å². The first-order valence-electron chi connectivity index (χ1n) is 7.75. The van der Waals surface area contributed by atoms with Crippen molar-refractivity contribution in [3.05, 3.63) is 23.2 Å². The first-order chi connectivity index (χ1) is 11.7. The van der Waals surface area contributed by atoms with Gasteiger partial charge >= 0.3 is 6.36 Å². The molecule has 0 atom stereocenters. The summed E-state index contributed by atoms with van der Waals surface area (Å²) in [6, 6.07) is 3.82. The fraction of sp³-hybridized carbons (Fsp3) is 0.467. The lowest BCUT2D eigenvalue weighted by molar-refractivity contribution is -0.274. The van der Waals surface area contributed by atoms with Crippen LogP contribution >= 0.6 is 11.6 Å². The number of nitrogens with zero attached hydrogens (tertiary/aromatic N) is 3. The summed E-state index contributed by atoms with van der Waals surface area (Å²) in [5.74, 6) is -0.449. The van der Waals surface area contributed by atoms with Crippen molar-refractivity contribution in [3.63, 3.8) is 0 Å². The molecule has 10 heteroatoms. The zero-order chi connectivity index (χ0) is 18.2. The van der Waals surface area contributed by atoms with Crippen LogP contribution in [0.25, 0.3) is 0 Å². The fourth-order valence-corrected chi connectivity index (χ4v) is 3.51. The molecule has 1 spiro atoms. The van der Waals surface area contributed by atoms with Crippen LogP contribution in [0.15, 0.2) is 28.2 Å². The maximum atomic E-state index is 12.8. The zero-order valence-corrected chi connectivity index (χ0v) is 13.9. The predicted molar refractivity (Wildman–Crippen MR) is 89.7 cm³/mol. The number of ether oxygens (including phenoxy) is 1. The van der Waals surface area contributed by atoms with Gasteiger partial charge in [0.15, 0.2) is 5.75 Å². The third-order valence-electron chi connectivity index (χ3n) is 4.24. The Kier molecular flexibility index (Phi) is 4.44. The maximum absolute atomic E-state index is 12.8. The van der Waals surface area contributed by atoms with E-state index in [1.54, 1.807) is 0 Å². The van der Waals surface area contributed by atoms with E-state index in [0.717, 1.165) is 25.3 Å². The first-order valence-corrected chi connectivity index (χ1v) is 8.13. The molecule has 1 aromatic rings. The third kappa shape index (κ3) is 3.60. The van der Waals surface area contributed by atoms with Crippen LogP contribution in [0.2, 0.25) is 5.02 Å². The summed E-state index contributed by atoms with van der Waals surface area (Å²) in [5, 5.41) is 0.241. The number of aliphatic imine (C=N–C) groups is 2. The van der Waals surface area contributed by atoms with Crippen LogP contribution < -0.4 is 21.1 Å². The van der Waals surface area contributed by atoms with Crippen LogP contribution in [0, 0.1) is 0 Å². The molecule has 25 heavy (non-hydrogen) atoms. The highest BCUT2D eigenvalue weighted by Crippen LogP contribution is 2.44. The molecule has 0 saturated heterocycles. The summed E-state index contributed by atoms with van der Waals surface area (Å²) in [5.41, 5.74) is 11.0. The molecule has 1 aliphatic carbocycles. The summed E-state index contributed by atoms with van der Waals surface area (Å²) in [6.07, 6.45) is -0.993. The number of benzene rings is 1. The van der Waals surface area contributed by atoms with E-state index in [0.29, 0.717) is 12.8 Å². The van der Waals surface area contributed by atoms with Gasteiger partial charge in [0.25, 0.3) is 0 Å². The molecule has 4 N–H and O–H groups in total. The maximum Gasteiger partial charge on any atom is 0.573 e. The highest BCUT2D eigenvalue weighted by Gasteiger charge is 2.44. The summed E-state index contributed by atoms with van der Waals surface area (Å²) >= 11 is 6.01. The van der Waals surface area contributed by atoms with Crippen molar-refractivity contribution in [2.24, 2.45) is 21.5 Å². The Morgan fingerprint density at radius 2 is 1.84 bits per heavy atom. The number of hydrogen-bond donors (Lipinski definition) is 2. The first kappa shape index (κ1) is 17.7. The monoisotopic (exact) mass is 375 g/mol. The molecule has 0 unspecified atom stereocenters. The molecule has 136 valence electrons. The molecular formula is C15H17ClF3N5O. The van der Waals surface area contributed by atoms with Gasteiger partial charge in [-0.3, -0.25) is 4.90 Å². The molecule has 0 bridgehead atoms. The highest BCUT2D eigenvalue weighted by molar-refractivity contribution is 6.31. The minimum atomic E-state index is -4.85. The molecule has 1 heterocycles. The number of nitrogens with two attached hydrogens (primary N) is 2. The van der Waals surface area contributed by atoms with Crippen molar-refractivity contribution in [2.45, 2.75) is 44.1 Å². The van der Waals surface area contributed by atoms with Crippen molar-refractivity contribution in [1.82, 2.24) is 0 Å². The van der Waals surface area contributed by atoms with Gasteiger partial charge in [-0.1, -0.05) is 18.0 Å². The largest absolute Gasteiger partial charge is 0.573 e. The molecule has 6 nitrogen and oxygen atoms in total. The number of hydrogen-bond acceptors (Lipinski definition) is 6. The van der Waals surface area contributed by atoms with E-state index in [9.17, 15) is 13.2 Å². The molecule has 0 aromatic heterocycles. The topological polar surface area (TPSA) is 89.2 Å². The van der Waals surface area contributed by atoms with Crippen LogP contribution in [0.4, 0.5) is 18.9 Å². The lowest BCUT2D eigenvalue weighted by Gasteiger charge is -2.45. The van der Waals surface area contributed by atoms with E-state index in [1.807, 2.05) is 0 Å². The van der Waals surface area contributed by atoms with E-state index in [-0.39, 0.29) is 22.6 Å². The van der Waals surface area contributed by atoms with Crippen molar-refractivity contribution in [3.8, 4) is 5.75 Å². The Hall–Kier alpha value is -2.16. The van der Waals surface area contributed by atoms with Gasteiger partial charge in [0.05, 0.1) is 5.69 Å². The van der Waals surface area contributed by atoms with Crippen LogP contribution in [-0.4, -0.2) is 23.9 Å². The minimum Gasteiger partial charge on any atom is -0.404 e. The quantitative estimate of drug-likeness (QED) is 0.829. The second-order valence-electron chi connectivity index (χ2n) is 5.98. The van der Waals surface area contributed by atoms with Gasteiger partial charge in [0.2, 0.25) is 11.9 Å². The summed E-state index contributed by atoms with van der Waals surface area (Å²) in [4.78, 5) is 9.80. The fourth-order valence-electron chi connectivity index (χ4n) is 3.35. The predicted octanol–water partition coefficient (Wildman–Crippen LogP) is 3.35. The normalized spacial score (nSPS) is 20.2. The van der Waals surface area contributed by atoms with Crippen molar-refractivity contribution in [1.29, 1.82) is 0 Å². The smallest absolute Gasteiger partial charge is 0.404 e. The van der Waals surface area contributed by atoms with Crippen LogP contribution in [-0.2, 0) is 0 Å². The Morgan fingerprint density at radius 1 is 1.16 bits per heavy atom. The summed E-state index contributed by atoms with van der Waals surface area (Å²) in [6.45, 7) is 0. The van der Waals surface area contributed by atoms with Gasteiger partial charge in [-0.2, -0.15) is 4.99 Å². The van der Waals surface area contributed by atoms with Crippen LogP contribution in [0.5, 0.6) is 5.75 Å². The number of alkyl halides is 3. The Bertz CT molecular complexity index is 728. The second-order valence-corrected chi connectivity index (χ2v) is 6.41. The molecule has 1 saturated carbocycles. The third-order valence-corrected chi connectivity index (χ3v) is 4.47. The number of guanidine groups is 2. The van der Waals surface area contributed by atoms with E-state index in [1.165, 1.54) is 17.0 Å². The molecule has 1 aliphatic heterocycles. The van der Waals surface area contributed by atoms with Crippen molar-refractivity contribution < 1.29 is 17.9 Å². The molecular weight excluding hydrogens is 359 g/mol. The van der Waals surface area contributed by atoms with Gasteiger partial charge < -0.3 is 16.2 Å². The Balaban J connectivity index is 2.12. The molecule has 2 aliphatic rings. The standard InChI is InChI=1S/C15H17ClF3N5O/c16-9-4-5-11(25-15(17,18)19)10(8-9)24-13(21)22-12(20)23-14(24)6-2-1-3-7-14/h4-5,8H,1-3,6-7H2,(H4,20,21,22,23). The van der Waals surface area contributed by atoms with E-state index < -0.39 is 17.8 Å². The van der Waals surface area contributed by atoms with Crippen LogP contribution in [0.1, 0.15) is 32.1 Å². The summed E-state index contributed by atoms with van der Waals surface area (Å²) < 4.78 is 42.6. The van der Waals surface area contributed by atoms with E-state index in [2.05, 4.69) is 14.7 Å². The molecule has 1 fully saturated rings. The molecule has 0 radical (unpaired) electrons. The van der Waals surface area contributed by atoms with E-state index in [4.69, 9.17) is 23.1 Å². The molecule has 1 aromatic carbocycles. The van der Waals surface area contributed by atoms with Gasteiger partial charge in [-0.05, 0) is 43.9 Å². The highest BCUT2D eigenvalue weighted by atomic mass is 35.5. The minimum absolute atomic E-state index is 0.0102. The average Bonchev–Trinajstić information content (AvgIpc) is 2.48. The lowest BCUT2D eigenvalue weighted by Crippen LogP contribution is -2.58. The van der Waals surface area contributed by atoms with Crippen LogP contribution in [0.3, 0.4) is 0 Å².